The largest absolute Gasteiger partial charge is 0.462 e. The average Bonchev–Trinajstić information content (AvgIpc) is 2.96. The van der Waals surface area contributed by atoms with Crippen LogP contribution in [0.3, 0.4) is 0 Å². The number of nitrogens with zero attached hydrogens (tertiary/aromatic N) is 1. The second-order valence-corrected chi connectivity index (χ2v) is 7.26. The molecule has 0 saturated carbocycles. The molecule has 0 atom stereocenters. The average molecular weight is 425 g/mol. The minimum atomic E-state index is -0.635. The molecule has 28 heavy (non-hydrogen) atoms. The summed E-state index contributed by atoms with van der Waals surface area (Å²) in [6, 6.07) is 1.26. The van der Waals surface area contributed by atoms with Gasteiger partial charge in [-0.2, -0.15) is 0 Å². The number of carbonyl (C=O) groups excluding carboxylic acids is 3. The summed E-state index contributed by atoms with van der Waals surface area (Å²) in [5.41, 5.74) is 0.189. The number of esters is 2. The van der Waals surface area contributed by atoms with Gasteiger partial charge in [-0.3, -0.25) is 9.59 Å². The van der Waals surface area contributed by atoms with Crippen LogP contribution in [-0.2, 0) is 14.3 Å². The first-order valence-corrected chi connectivity index (χ1v) is 10.1. The number of thioether (sulfide) groups is 1. The summed E-state index contributed by atoms with van der Waals surface area (Å²) in [6.45, 7) is 5.27. The molecule has 2 aromatic heterocycles. The lowest BCUT2D eigenvalue weighted by atomic mass is 10.1. The number of ether oxygens (including phenoxy) is 2. The molecule has 0 aliphatic carbocycles. The van der Waals surface area contributed by atoms with E-state index in [0.29, 0.717) is 10.7 Å². The van der Waals surface area contributed by atoms with Gasteiger partial charge in [0, 0.05) is 12.3 Å². The molecule has 1 amide bonds. The fraction of sp³-hybridized carbons (Fsp3) is 0.353. The number of H-pyrrole nitrogens is 1. The van der Waals surface area contributed by atoms with E-state index in [1.165, 1.54) is 12.3 Å². The molecular weight excluding hydrogens is 406 g/mol. The van der Waals surface area contributed by atoms with Gasteiger partial charge in [-0.25, -0.2) is 14.6 Å². The van der Waals surface area contributed by atoms with Crippen LogP contribution in [0.4, 0.5) is 5.00 Å². The third-order valence-electron chi connectivity index (χ3n) is 3.33. The van der Waals surface area contributed by atoms with E-state index in [2.05, 4.69) is 15.3 Å². The molecule has 0 fully saturated rings. The second-order valence-electron chi connectivity index (χ2n) is 5.28. The first kappa shape index (κ1) is 21.6. The minimum Gasteiger partial charge on any atom is -0.462 e. The van der Waals surface area contributed by atoms with Crippen molar-refractivity contribution in [3.8, 4) is 0 Å². The van der Waals surface area contributed by atoms with Crippen LogP contribution in [0.25, 0.3) is 0 Å². The molecule has 0 saturated heterocycles. The molecule has 0 radical (unpaired) electrons. The van der Waals surface area contributed by atoms with Crippen molar-refractivity contribution >= 4 is 45.9 Å². The molecule has 11 heteroatoms. The van der Waals surface area contributed by atoms with Crippen molar-refractivity contribution in [2.45, 2.75) is 25.9 Å². The molecule has 2 heterocycles. The van der Waals surface area contributed by atoms with Crippen LogP contribution in [0.1, 0.15) is 39.4 Å². The van der Waals surface area contributed by atoms with E-state index in [1.54, 1.807) is 20.8 Å². The molecule has 0 aliphatic rings. The Hall–Kier alpha value is -2.66. The van der Waals surface area contributed by atoms with Gasteiger partial charge in [-0.1, -0.05) is 11.8 Å². The highest BCUT2D eigenvalue weighted by atomic mass is 32.2. The van der Waals surface area contributed by atoms with Crippen molar-refractivity contribution in [1.29, 1.82) is 0 Å². The molecule has 150 valence electrons. The predicted molar refractivity (Wildman–Crippen MR) is 105 cm³/mol. The number of amides is 1. The number of anilines is 1. The van der Waals surface area contributed by atoms with Crippen LogP contribution < -0.4 is 10.9 Å². The Morgan fingerprint density at radius 1 is 1.21 bits per heavy atom. The number of hydrogen-bond acceptors (Lipinski definition) is 9. The number of nitrogens with one attached hydrogen (secondary N) is 2. The van der Waals surface area contributed by atoms with Crippen LogP contribution >= 0.6 is 23.1 Å². The number of carbonyl (C=O) groups is 3. The van der Waals surface area contributed by atoms with Crippen LogP contribution in [0.15, 0.2) is 22.2 Å². The molecule has 2 rings (SSSR count). The maximum Gasteiger partial charge on any atom is 0.348 e. The molecule has 0 aliphatic heterocycles. The Morgan fingerprint density at radius 3 is 2.54 bits per heavy atom. The van der Waals surface area contributed by atoms with Gasteiger partial charge in [-0.05, 0) is 26.3 Å². The highest BCUT2D eigenvalue weighted by molar-refractivity contribution is 7.99. The van der Waals surface area contributed by atoms with E-state index in [-0.39, 0.29) is 40.0 Å². The number of aromatic amines is 1. The molecule has 2 N–H and O–H groups in total. The smallest absolute Gasteiger partial charge is 0.348 e. The lowest BCUT2D eigenvalue weighted by Crippen LogP contribution is -2.17. The molecule has 0 bridgehead atoms. The Kier molecular flexibility index (Phi) is 7.76. The molecular formula is C17H19N3O6S2. The van der Waals surface area contributed by atoms with Gasteiger partial charge in [-0.15, -0.1) is 11.3 Å². The van der Waals surface area contributed by atoms with Crippen LogP contribution in [0.5, 0.6) is 0 Å². The van der Waals surface area contributed by atoms with Crippen LogP contribution in [-0.4, -0.2) is 46.8 Å². The Bertz CT molecular complexity index is 937. The summed E-state index contributed by atoms with van der Waals surface area (Å²) in [5, 5.41) is 3.13. The van der Waals surface area contributed by atoms with Crippen molar-refractivity contribution in [2.75, 3.05) is 24.3 Å². The quantitative estimate of drug-likeness (QED) is 0.374. The van der Waals surface area contributed by atoms with E-state index < -0.39 is 17.8 Å². The summed E-state index contributed by atoms with van der Waals surface area (Å²) in [7, 11) is 0. The van der Waals surface area contributed by atoms with Gasteiger partial charge < -0.3 is 19.8 Å². The van der Waals surface area contributed by atoms with E-state index in [1.807, 2.05) is 0 Å². The third kappa shape index (κ3) is 5.42. The third-order valence-corrected chi connectivity index (χ3v) is 5.40. The second kappa shape index (κ2) is 10.0. The standard InChI is InChI=1S/C17H19N3O6S2/c1-4-25-15(23)12-9(3)13(16(24)26-5-2)28-14(12)19-11(22)8-27-17-18-7-6-10(21)20-17/h6-7H,4-5,8H2,1-3H3,(H,19,22)(H,18,20,21). The molecule has 0 unspecified atom stereocenters. The highest BCUT2D eigenvalue weighted by Gasteiger charge is 2.27. The minimum absolute atomic E-state index is 0.0547. The lowest BCUT2D eigenvalue weighted by molar-refractivity contribution is -0.113. The van der Waals surface area contributed by atoms with Crippen molar-refractivity contribution < 1.29 is 23.9 Å². The Labute approximate surface area is 168 Å². The first-order chi connectivity index (χ1) is 13.4. The van der Waals surface area contributed by atoms with Crippen molar-refractivity contribution in [3.63, 3.8) is 0 Å². The normalized spacial score (nSPS) is 10.4. The summed E-state index contributed by atoms with van der Waals surface area (Å²) in [5.74, 6) is -1.69. The first-order valence-electron chi connectivity index (χ1n) is 8.32. The molecule has 9 nitrogen and oxygen atoms in total. The van der Waals surface area contributed by atoms with Crippen molar-refractivity contribution in [2.24, 2.45) is 0 Å². The topological polar surface area (TPSA) is 127 Å². The van der Waals surface area contributed by atoms with E-state index in [0.717, 1.165) is 23.1 Å². The Morgan fingerprint density at radius 2 is 1.89 bits per heavy atom. The van der Waals surface area contributed by atoms with Gasteiger partial charge in [0.15, 0.2) is 5.16 Å². The molecule has 0 spiro atoms. The van der Waals surface area contributed by atoms with Crippen molar-refractivity contribution in [3.05, 3.63) is 38.6 Å². The van der Waals surface area contributed by atoms with E-state index in [9.17, 15) is 19.2 Å². The highest BCUT2D eigenvalue weighted by Crippen LogP contribution is 2.34. The zero-order valence-corrected chi connectivity index (χ0v) is 17.1. The number of thiophene rings is 1. The van der Waals surface area contributed by atoms with Gasteiger partial charge >= 0.3 is 11.9 Å². The van der Waals surface area contributed by atoms with Gasteiger partial charge in [0.25, 0.3) is 5.56 Å². The number of hydrogen-bond donors (Lipinski definition) is 2. The lowest BCUT2D eigenvalue weighted by Gasteiger charge is -2.07. The van der Waals surface area contributed by atoms with Gasteiger partial charge in [0.05, 0.1) is 24.5 Å². The number of aromatic nitrogens is 2. The van der Waals surface area contributed by atoms with Gasteiger partial charge in [0.1, 0.15) is 9.88 Å². The molecule has 0 aromatic carbocycles. The summed E-state index contributed by atoms with van der Waals surface area (Å²) >= 11 is 1.98. The maximum absolute atomic E-state index is 12.3. The van der Waals surface area contributed by atoms with E-state index >= 15 is 0 Å². The van der Waals surface area contributed by atoms with E-state index in [4.69, 9.17) is 9.47 Å². The summed E-state index contributed by atoms with van der Waals surface area (Å²) < 4.78 is 10.0. The summed E-state index contributed by atoms with van der Waals surface area (Å²) in [4.78, 5) is 54.7. The Balaban J connectivity index is 2.21. The maximum atomic E-state index is 12.3. The zero-order valence-electron chi connectivity index (χ0n) is 15.5. The predicted octanol–water partition coefficient (Wildman–Crippen LogP) is 2.22. The number of rotatable bonds is 8. The zero-order chi connectivity index (χ0) is 20.7. The van der Waals surface area contributed by atoms with Crippen LogP contribution in [0, 0.1) is 6.92 Å². The monoisotopic (exact) mass is 425 g/mol. The van der Waals surface area contributed by atoms with Gasteiger partial charge in [0.2, 0.25) is 5.91 Å². The SMILES string of the molecule is CCOC(=O)c1sc(NC(=O)CSc2nccc(=O)[nH]2)c(C(=O)OCC)c1C. The fourth-order valence-electron chi connectivity index (χ4n) is 2.16. The van der Waals surface area contributed by atoms with Crippen molar-refractivity contribution in [1.82, 2.24) is 9.97 Å². The van der Waals surface area contributed by atoms with Crippen LogP contribution in [0.2, 0.25) is 0 Å². The fourth-order valence-corrected chi connectivity index (χ4v) is 3.92. The summed E-state index contributed by atoms with van der Waals surface area (Å²) in [6.07, 6.45) is 1.34. The molecule has 2 aromatic rings.